The van der Waals surface area contributed by atoms with Gasteiger partial charge >= 0.3 is 0 Å². The van der Waals surface area contributed by atoms with Crippen LogP contribution in [-0.4, -0.2) is 47.0 Å². The molecule has 0 aliphatic carbocycles. The van der Waals surface area contributed by atoms with Crippen molar-refractivity contribution in [2.45, 2.75) is 17.7 Å². The van der Waals surface area contributed by atoms with E-state index in [0.717, 1.165) is 18.8 Å². The van der Waals surface area contributed by atoms with Crippen molar-refractivity contribution < 1.29 is 8.42 Å². The van der Waals surface area contributed by atoms with Crippen LogP contribution in [0.25, 0.3) is 0 Å². The van der Waals surface area contributed by atoms with Crippen LogP contribution in [0.1, 0.15) is 12.8 Å². The summed E-state index contributed by atoms with van der Waals surface area (Å²) in [6.45, 7) is 3.15. The van der Waals surface area contributed by atoms with Crippen LogP contribution in [0, 0.1) is 5.92 Å². The van der Waals surface area contributed by atoms with E-state index in [9.17, 15) is 8.42 Å². The average molecular weight is 297 g/mol. The Labute approximate surface area is 121 Å². The number of rotatable bonds is 5. The number of anilines is 1. The van der Waals surface area contributed by atoms with Crippen LogP contribution < -0.4 is 10.0 Å². The summed E-state index contributed by atoms with van der Waals surface area (Å²) in [4.78, 5) is 2.64. The van der Waals surface area contributed by atoms with Gasteiger partial charge in [-0.3, -0.25) is 0 Å². The molecule has 1 aromatic carbocycles. The Hall–Kier alpha value is -1.11. The second kappa shape index (κ2) is 6.56. The highest BCUT2D eigenvalue weighted by molar-refractivity contribution is 7.89. The second-order valence-electron chi connectivity index (χ2n) is 5.39. The molecule has 0 radical (unpaired) electrons. The lowest BCUT2D eigenvalue weighted by molar-refractivity contribution is 0.217. The van der Waals surface area contributed by atoms with Gasteiger partial charge < -0.3 is 10.2 Å². The largest absolute Gasteiger partial charge is 0.385 e. The molecule has 0 spiro atoms. The number of hydrogen-bond donors (Lipinski definition) is 2. The van der Waals surface area contributed by atoms with Gasteiger partial charge in [0.15, 0.2) is 0 Å². The molecule has 6 heteroatoms. The molecule has 20 heavy (non-hydrogen) atoms. The lowest BCUT2D eigenvalue weighted by Gasteiger charge is -2.30. The standard InChI is InChI=1S/C14H23N3O2S/c1-15-20(18,19)14-7-3-6-13(9-14)16-10-12-5-4-8-17(2)11-12/h3,6-7,9,12,15-16H,4-5,8,10-11H2,1-2H3. The molecule has 1 aromatic rings. The van der Waals surface area contributed by atoms with Gasteiger partial charge in [0, 0.05) is 18.8 Å². The predicted octanol–water partition coefficient (Wildman–Crippen LogP) is 1.35. The van der Waals surface area contributed by atoms with E-state index in [1.807, 2.05) is 6.07 Å². The maximum Gasteiger partial charge on any atom is 0.240 e. The van der Waals surface area contributed by atoms with Crippen LogP contribution in [0.2, 0.25) is 0 Å². The normalized spacial score (nSPS) is 20.8. The van der Waals surface area contributed by atoms with Gasteiger partial charge in [-0.2, -0.15) is 0 Å². The first kappa shape index (κ1) is 15.3. The maximum absolute atomic E-state index is 11.8. The van der Waals surface area contributed by atoms with Crippen LogP contribution in [-0.2, 0) is 10.0 Å². The molecule has 2 rings (SSSR count). The van der Waals surface area contributed by atoms with Gasteiger partial charge in [-0.15, -0.1) is 0 Å². The van der Waals surface area contributed by atoms with Crippen LogP contribution in [0.3, 0.4) is 0 Å². The average Bonchev–Trinajstić information content (AvgIpc) is 2.45. The van der Waals surface area contributed by atoms with E-state index < -0.39 is 10.0 Å². The number of benzene rings is 1. The number of nitrogens with one attached hydrogen (secondary N) is 2. The first-order chi connectivity index (χ1) is 9.51. The molecule has 0 saturated carbocycles. The third-order valence-corrected chi connectivity index (χ3v) is 5.14. The Kier molecular flexibility index (Phi) is 5.01. The van der Waals surface area contributed by atoms with E-state index in [-0.39, 0.29) is 0 Å². The fraction of sp³-hybridized carbons (Fsp3) is 0.571. The molecule has 1 saturated heterocycles. The first-order valence-electron chi connectivity index (χ1n) is 6.97. The first-order valence-corrected chi connectivity index (χ1v) is 8.45. The van der Waals surface area contributed by atoms with Crippen molar-refractivity contribution in [1.82, 2.24) is 9.62 Å². The Morgan fingerprint density at radius 1 is 1.40 bits per heavy atom. The van der Waals surface area contributed by atoms with Crippen LogP contribution in [0.4, 0.5) is 5.69 Å². The third kappa shape index (κ3) is 3.94. The van der Waals surface area contributed by atoms with Crippen molar-refractivity contribution in [3.63, 3.8) is 0 Å². The molecule has 5 nitrogen and oxygen atoms in total. The highest BCUT2D eigenvalue weighted by Crippen LogP contribution is 2.18. The fourth-order valence-electron chi connectivity index (χ4n) is 2.59. The zero-order chi connectivity index (χ0) is 14.6. The molecule has 1 atom stereocenters. The van der Waals surface area contributed by atoms with Gasteiger partial charge in [-0.05, 0) is 57.6 Å². The summed E-state index contributed by atoms with van der Waals surface area (Å²) in [5.74, 6) is 0.623. The molecule has 2 N–H and O–H groups in total. The summed E-state index contributed by atoms with van der Waals surface area (Å²) in [6.07, 6.45) is 2.46. The summed E-state index contributed by atoms with van der Waals surface area (Å²) in [5.41, 5.74) is 0.856. The van der Waals surface area contributed by atoms with Crippen molar-refractivity contribution >= 4 is 15.7 Å². The number of sulfonamides is 1. The molecular formula is C14H23N3O2S. The van der Waals surface area contributed by atoms with Gasteiger partial charge in [0.05, 0.1) is 4.90 Å². The Morgan fingerprint density at radius 3 is 2.90 bits per heavy atom. The molecule has 1 aliphatic heterocycles. The molecule has 0 amide bonds. The Morgan fingerprint density at radius 2 is 2.20 bits per heavy atom. The summed E-state index contributed by atoms with van der Waals surface area (Å²) in [6, 6.07) is 6.95. The summed E-state index contributed by atoms with van der Waals surface area (Å²) in [7, 11) is 0.198. The van der Waals surface area contributed by atoms with Crippen LogP contribution in [0.15, 0.2) is 29.2 Å². The summed E-state index contributed by atoms with van der Waals surface area (Å²) in [5, 5.41) is 3.35. The molecule has 1 aliphatic rings. The van der Waals surface area contributed by atoms with E-state index in [0.29, 0.717) is 10.8 Å². The highest BCUT2D eigenvalue weighted by Gasteiger charge is 2.17. The Balaban J connectivity index is 1.98. The van der Waals surface area contributed by atoms with E-state index in [1.165, 1.54) is 26.4 Å². The highest BCUT2D eigenvalue weighted by atomic mass is 32.2. The molecule has 112 valence electrons. The van der Waals surface area contributed by atoms with Gasteiger partial charge in [-0.25, -0.2) is 13.1 Å². The molecule has 1 fully saturated rings. The molecule has 0 bridgehead atoms. The SMILES string of the molecule is CNS(=O)(=O)c1cccc(NCC2CCCN(C)C2)c1. The minimum Gasteiger partial charge on any atom is -0.385 e. The zero-order valence-electron chi connectivity index (χ0n) is 12.1. The van der Waals surface area contributed by atoms with Crippen molar-refractivity contribution in [3.05, 3.63) is 24.3 Å². The molecule has 1 heterocycles. The number of nitrogens with zero attached hydrogens (tertiary/aromatic N) is 1. The monoisotopic (exact) mass is 297 g/mol. The fourth-order valence-corrected chi connectivity index (χ4v) is 3.37. The minimum absolute atomic E-state index is 0.297. The quantitative estimate of drug-likeness (QED) is 0.861. The Bertz CT molecular complexity index is 545. The van der Waals surface area contributed by atoms with Gasteiger partial charge in [-0.1, -0.05) is 6.07 Å². The smallest absolute Gasteiger partial charge is 0.240 e. The number of likely N-dealkylation sites (tertiary alicyclic amines) is 1. The van der Waals surface area contributed by atoms with Crippen LogP contribution in [0.5, 0.6) is 0 Å². The van der Waals surface area contributed by atoms with Gasteiger partial charge in [0.25, 0.3) is 0 Å². The zero-order valence-corrected chi connectivity index (χ0v) is 12.9. The predicted molar refractivity (Wildman–Crippen MR) is 81.4 cm³/mol. The van der Waals surface area contributed by atoms with E-state index in [1.54, 1.807) is 18.2 Å². The van der Waals surface area contributed by atoms with E-state index in [4.69, 9.17) is 0 Å². The maximum atomic E-state index is 11.8. The lowest BCUT2D eigenvalue weighted by Crippen LogP contribution is -2.35. The van der Waals surface area contributed by atoms with E-state index >= 15 is 0 Å². The number of hydrogen-bond acceptors (Lipinski definition) is 4. The molecule has 0 aromatic heterocycles. The van der Waals surface area contributed by atoms with E-state index in [2.05, 4.69) is 22.0 Å². The molecule has 1 unspecified atom stereocenters. The van der Waals surface area contributed by atoms with Gasteiger partial charge in [0.2, 0.25) is 10.0 Å². The summed E-state index contributed by atoms with van der Waals surface area (Å²) < 4.78 is 25.8. The second-order valence-corrected chi connectivity index (χ2v) is 7.27. The molecular weight excluding hydrogens is 274 g/mol. The number of piperidine rings is 1. The van der Waals surface area contributed by atoms with Crippen molar-refractivity contribution in [2.75, 3.05) is 39.0 Å². The third-order valence-electron chi connectivity index (χ3n) is 3.73. The van der Waals surface area contributed by atoms with Crippen molar-refractivity contribution in [3.8, 4) is 0 Å². The van der Waals surface area contributed by atoms with Crippen LogP contribution >= 0.6 is 0 Å². The van der Waals surface area contributed by atoms with Crippen molar-refractivity contribution in [1.29, 1.82) is 0 Å². The minimum atomic E-state index is -3.37. The van der Waals surface area contributed by atoms with Crippen molar-refractivity contribution in [2.24, 2.45) is 5.92 Å². The topological polar surface area (TPSA) is 61.4 Å². The summed E-state index contributed by atoms with van der Waals surface area (Å²) >= 11 is 0. The lowest BCUT2D eigenvalue weighted by atomic mass is 9.98. The van der Waals surface area contributed by atoms with Gasteiger partial charge in [0.1, 0.15) is 0 Å².